The molecule has 0 atom stereocenters. The van der Waals surface area contributed by atoms with Crippen molar-refractivity contribution in [2.45, 2.75) is 78.0 Å². The molecule has 1 aliphatic rings. The van der Waals surface area contributed by atoms with Gasteiger partial charge in [-0.15, -0.1) is 0 Å². The van der Waals surface area contributed by atoms with Gasteiger partial charge in [0.2, 0.25) is 0 Å². The zero-order valence-electron chi connectivity index (χ0n) is 15.8. The van der Waals surface area contributed by atoms with E-state index in [1.54, 1.807) is 48.5 Å². The summed E-state index contributed by atoms with van der Waals surface area (Å²) in [5, 5.41) is 9.73. The molecule has 7 nitrogen and oxygen atoms in total. The van der Waals surface area contributed by atoms with E-state index in [4.69, 9.17) is 9.47 Å². The van der Waals surface area contributed by atoms with Crippen LogP contribution < -0.4 is 0 Å². The molecule has 0 aromatic carbocycles. The molecule has 1 rings (SSSR count). The van der Waals surface area contributed by atoms with Gasteiger partial charge in [0.05, 0.1) is 7.11 Å². The summed E-state index contributed by atoms with van der Waals surface area (Å²) in [6, 6.07) is 0. The summed E-state index contributed by atoms with van der Waals surface area (Å²) in [7, 11) is 1.17. The Morgan fingerprint density at radius 2 is 1.42 bits per heavy atom. The second kappa shape index (κ2) is 5.93. The number of carboxylic acids is 1. The Morgan fingerprint density at radius 1 is 1.00 bits per heavy atom. The van der Waals surface area contributed by atoms with Crippen LogP contribution in [0.15, 0.2) is 0 Å². The molecule has 1 fully saturated rings. The van der Waals surface area contributed by atoms with E-state index in [2.05, 4.69) is 0 Å². The fourth-order valence-corrected chi connectivity index (χ4v) is 3.90. The largest absolute Gasteiger partial charge is 0.480 e. The van der Waals surface area contributed by atoms with Crippen molar-refractivity contribution in [1.29, 1.82) is 0 Å². The first-order valence-corrected chi connectivity index (χ1v) is 7.94. The number of carbonyl (C=O) groups is 3. The highest BCUT2D eigenvalue weighted by Gasteiger charge is 2.62. The summed E-state index contributed by atoms with van der Waals surface area (Å²) >= 11 is 0. The normalized spacial score (nSPS) is 21.8. The number of ether oxygens (including phenoxy) is 2. The number of likely N-dealkylation sites (tertiary alicyclic amines) is 1. The predicted octanol–water partition coefficient (Wildman–Crippen LogP) is 2.82. The summed E-state index contributed by atoms with van der Waals surface area (Å²) in [6.45, 7) is 12.2. The fraction of sp³-hybridized carbons (Fsp3) is 0.824. The number of rotatable bonds is 2. The molecule has 0 aromatic heterocycles. The van der Waals surface area contributed by atoms with Crippen LogP contribution in [0.2, 0.25) is 0 Å². The third-order valence-corrected chi connectivity index (χ3v) is 4.24. The second-order valence-corrected chi connectivity index (χ2v) is 8.67. The number of piperidine rings is 1. The lowest BCUT2D eigenvalue weighted by atomic mass is 9.64. The molecule has 0 aromatic rings. The van der Waals surface area contributed by atoms with E-state index in [1.165, 1.54) is 12.0 Å². The predicted molar refractivity (Wildman–Crippen MR) is 87.5 cm³/mol. The van der Waals surface area contributed by atoms with Crippen molar-refractivity contribution in [1.82, 2.24) is 4.90 Å². The van der Waals surface area contributed by atoms with Gasteiger partial charge in [0.1, 0.15) is 5.60 Å². The Balaban J connectivity index is 3.35. The van der Waals surface area contributed by atoms with Crippen LogP contribution in [0.1, 0.15) is 61.3 Å². The van der Waals surface area contributed by atoms with Crippen LogP contribution >= 0.6 is 0 Å². The van der Waals surface area contributed by atoms with E-state index in [0.29, 0.717) is 0 Å². The highest BCUT2D eigenvalue weighted by molar-refractivity contribution is 5.99. The van der Waals surface area contributed by atoms with Gasteiger partial charge < -0.3 is 14.6 Å². The van der Waals surface area contributed by atoms with Gasteiger partial charge in [-0.3, -0.25) is 14.5 Å². The molecule has 0 saturated carbocycles. The summed E-state index contributed by atoms with van der Waals surface area (Å²) < 4.78 is 10.3. The van der Waals surface area contributed by atoms with Crippen molar-refractivity contribution in [3.05, 3.63) is 0 Å². The van der Waals surface area contributed by atoms with Crippen molar-refractivity contribution in [2.24, 2.45) is 5.41 Å². The van der Waals surface area contributed by atoms with E-state index < -0.39 is 40.1 Å². The van der Waals surface area contributed by atoms with E-state index in [0.717, 1.165) is 0 Å². The number of hydrogen-bond donors (Lipinski definition) is 1. The SMILES string of the molecule is COC(=O)C1(C(=O)O)CC(C)(C)N(C(=O)OC(C)(C)C)C(C)(C)C1. The molecule has 24 heavy (non-hydrogen) atoms. The number of nitrogens with zero attached hydrogens (tertiary/aromatic N) is 1. The number of amides is 1. The van der Waals surface area contributed by atoms with Gasteiger partial charge >= 0.3 is 18.0 Å². The third-order valence-electron chi connectivity index (χ3n) is 4.24. The zero-order chi connectivity index (χ0) is 19.1. The first kappa shape index (κ1) is 20.3. The van der Waals surface area contributed by atoms with Crippen LogP contribution in [0.25, 0.3) is 0 Å². The van der Waals surface area contributed by atoms with Crippen LogP contribution in [0.3, 0.4) is 0 Å². The van der Waals surface area contributed by atoms with Crippen molar-refractivity contribution in [3.63, 3.8) is 0 Å². The molecule has 0 bridgehead atoms. The maximum Gasteiger partial charge on any atom is 0.411 e. The second-order valence-electron chi connectivity index (χ2n) is 8.67. The monoisotopic (exact) mass is 343 g/mol. The van der Waals surface area contributed by atoms with Crippen LogP contribution in [0.4, 0.5) is 4.79 Å². The standard InChI is InChI=1S/C17H29NO6/c1-14(2,3)24-13(22)18-15(4,5)9-17(11(19)20,12(21)23-8)10-16(18,6)7/h9-10H2,1-8H3,(H,19,20). The van der Waals surface area contributed by atoms with Crippen molar-refractivity contribution in [3.8, 4) is 0 Å². The molecule has 1 amide bonds. The third kappa shape index (κ3) is 3.65. The van der Waals surface area contributed by atoms with Gasteiger partial charge in [-0.25, -0.2) is 4.79 Å². The Hall–Kier alpha value is -1.79. The molecule has 0 aliphatic carbocycles. The number of methoxy groups -OCH3 is 1. The summed E-state index contributed by atoms with van der Waals surface area (Å²) in [6.07, 6.45) is -0.628. The summed E-state index contributed by atoms with van der Waals surface area (Å²) in [5.74, 6) is -2.03. The molecule has 7 heteroatoms. The fourth-order valence-electron chi connectivity index (χ4n) is 3.90. The Kier molecular flexibility index (Phi) is 5.01. The highest BCUT2D eigenvalue weighted by atomic mass is 16.6. The topological polar surface area (TPSA) is 93.1 Å². The van der Waals surface area contributed by atoms with E-state index in [1.807, 2.05) is 0 Å². The van der Waals surface area contributed by atoms with Crippen molar-refractivity contribution in [2.75, 3.05) is 7.11 Å². The first-order valence-electron chi connectivity index (χ1n) is 7.94. The minimum atomic E-state index is -1.69. The minimum absolute atomic E-state index is 0.0509. The van der Waals surface area contributed by atoms with E-state index >= 15 is 0 Å². The molecule has 138 valence electrons. The van der Waals surface area contributed by atoms with Gasteiger partial charge in [-0.2, -0.15) is 0 Å². The number of hydrogen-bond acceptors (Lipinski definition) is 5. The van der Waals surface area contributed by atoms with Gasteiger partial charge in [-0.1, -0.05) is 0 Å². The van der Waals surface area contributed by atoms with Crippen LogP contribution in [-0.4, -0.2) is 51.8 Å². The Bertz CT molecular complexity index is 526. The molecule has 0 spiro atoms. The quantitative estimate of drug-likeness (QED) is 0.612. The number of esters is 1. The number of aliphatic carboxylic acids is 1. The van der Waals surface area contributed by atoms with Gasteiger partial charge in [0, 0.05) is 11.1 Å². The smallest absolute Gasteiger partial charge is 0.411 e. The molecular weight excluding hydrogens is 314 g/mol. The zero-order valence-corrected chi connectivity index (χ0v) is 15.8. The average Bonchev–Trinajstić information content (AvgIpc) is 2.31. The summed E-state index contributed by atoms with van der Waals surface area (Å²) in [4.78, 5) is 38.4. The lowest BCUT2D eigenvalue weighted by Crippen LogP contribution is -2.68. The first-order chi connectivity index (χ1) is 10.6. The van der Waals surface area contributed by atoms with Gasteiger partial charge in [0.15, 0.2) is 5.41 Å². The van der Waals surface area contributed by atoms with Crippen LogP contribution in [-0.2, 0) is 19.1 Å². The van der Waals surface area contributed by atoms with E-state index in [-0.39, 0.29) is 12.8 Å². The maximum atomic E-state index is 12.7. The molecule has 1 saturated heterocycles. The lowest BCUT2D eigenvalue weighted by Gasteiger charge is -2.56. The van der Waals surface area contributed by atoms with Crippen LogP contribution in [0, 0.1) is 5.41 Å². The van der Waals surface area contributed by atoms with Crippen LogP contribution in [0.5, 0.6) is 0 Å². The summed E-state index contributed by atoms with van der Waals surface area (Å²) in [5.41, 5.74) is -4.18. The van der Waals surface area contributed by atoms with Crippen molar-refractivity contribution >= 4 is 18.0 Å². The van der Waals surface area contributed by atoms with Crippen molar-refractivity contribution < 1.29 is 29.0 Å². The number of carbonyl (C=O) groups excluding carboxylic acids is 2. The average molecular weight is 343 g/mol. The van der Waals surface area contributed by atoms with Gasteiger partial charge in [-0.05, 0) is 61.3 Å². The molecule has 1 aliphatic heterocycles. The molecular formula is C17H29NO6. The molecule has 0 radical (unpaired) electrons. The van der Waals surface area contributed by atoms with Gasteiger partial charge in [0.25, 0.3) is 0 Å². The number of carboxylic acid groups (broad SMARTS) is 1. The maximum absolute atomic E-state index is 12.7. The van der Waals surface area contributed by atoms with E-state index in [9.17, 15) is 19.5 Å². The Morgan fingerprint density at radius 3 is 1.71 bits per heavy atom. The molecule has 1 heterocycles. The molecule has 0 unspecified atom stereocenters. The molecule has 1 N–H and O–H groups in total. The minimum Gasteiger partial charge on any atom is -0.480 e. The lowest BCUT2D eigenvalue weighted by molar-refractivity contribution is -0.182. The highest BCUT2D eigenvalue weighted by Crippen LogP contribution is 2.49. The Labute approximate surface area is 143 Å².